The Morgan fingerprint density at radius 3 is 2.77 bits per heavy atom. The van der Waals surface area contributed by atoms with Crippen molar-refractivity contribution >= 4 is 5.69 Å². The summed E-state index contributed by atoms with van der Waals surface area (Å²) in [4.78, 5) is 5.41. The van der Waals surface area contributed by atoms with Crippen molar-refractivity contribution in [1.29, 1.82) is 0 Å². The fraction of sp³-hybridized carbons (Fsp3) is 0.364. The van der Waals surface area contributed by atoms with Crippen LogP contribution in [0, 0.1) is 6.57 Å². The topological polar surface area (TPSA) is 7.60 Å². The molecule has 0 aliphatic carbocycles. The van der Waals surface area contributed by atoms with Gasteiger partial charge < -0.3 is 9.74 Å². The van der Waals surface area contributed by atoms with Crippen LogP contribution in [-0.2, 0) is 6.42 Å². The first-order valence-electron chi connectivity index (χ1n) is 4.33. The van der Waals surface area contributed by atoms with Crippen molar-refractivity contribution in [2.24, 2.45) is 0 Å². The minimum Gasteiger partial charge on any atom is -0.378 e. The van der Waals surface area contributed by atoms with Gasteiger partial charge >= 0.3 is 0 Å². The smallest absolute Gasteiger partial charge is 0.218 e. The molecule has 0 atom stereocenters. The zero-order chi connectivity index (χ0) is 9.68. The molecule has 0 saturated heterocycles. The Kier molecular flexibility index (Phi) is 3.33. The summed E-state index contributed by atoms with van der Waals surface area (Å²) in [5.41, 5.74) is 2.43. The molecule has 2 heteroatoms. The molecule has 13 heavy (non-hydrogen) atoms. The van der Waals surface area contributed by atoms with Gasteiger partial charge in [0.1, 0.15) is 0 Å². The average Bonchev–Trinajstić information content (AvgIpc) is 2.15. The molecule has 0 fully saturated rings. The van der Waals surface area contributed by atoms with E-state index in [4.69, 9.17) is 6.57 Å². The first-order chi connectivity index (χ1) is 6.24. The van der Waals surface area contributed by atoms with E-state index in [1.165, 1.54) is 11.3 Å². The Morgan fingerprint density at radius 1 is 1.38 bits per heavy atom. The van der Waals surface area contributed by atoms with Crippen molar-refractivity contribution in [1.82, 2.24) is 0 Å². The molecule has 0 aromatic heterocycles. The monoisotopic (exact) mass is 174 g/mol. The highest BCUT2D eigenvalue weighted by atomic mass is 15.1. The number of benzene rings is 1. The third-order valence-electron chi connectivity index (χ3n) is 1.94. The van der Waals surface area contributed by atoms with Crippen molar-refractivity contribution in [2.45, 2.75) is 6.42 Å². The second-order valence-electron chi connectivity index (χ2n) is 3.20. The highest BCUT2D eigenvalue weighted by Gasteiger charge is 1.98. The lowest BCUT2D eigenvalue weighted by Crippen LogP contribution is -2.08. The van der Waals surface area contributed by atoms with Crippen LogP contribution in [0.4, 0.5) is 5.69 Å². The largest absolute Gasteiger partial charge is 0.378 e. The summed E-state index contributed by atoms with van der Waals surface area (Å²) in [5, 5.41) is 0. The van der Waals surface area contributed by atoms with E-state index in [-0.39, 0.29) is 0 Å². The van der Waals surface area contributed by atoms with Gasteiger partial charge in [0, 0.05) is 26.2 Å². The standard InChI is InChI=1S/C11H14N2/c1-12-8-7-10-5-4-6-11(9-10)13(2)3/h4-6,9H,7-8H2,2-3H3. The van der Waals surface area contributed by atoms with Gasteiger partial charge in [-0.05, 0) is 17.7 Å². The first-order valence-corrected chi connectivity index (χ1v) is 4.33. The summed E-state index contributed by atoms with van der Waals surface area (Å²) in [6.45, 7) is 7.28. The van der Waals surface area contributed by atoms with Crippen molar-refractivity contribution in [3.05, 3.63) is 41.2 Å². The van der Waals surface area contributed by atoms with E-state index in [2.05, 4.69) is 27.9 Å². The van der Waals surface area contributed by atoms with Crippen molar-refractivity contribution < 1.29 is 0 Å². The minimum atomic E-state index is 0.580. The second-order valence-corrected chi connectivity index (χ2v) is 3.20. The molecule has 0 heterocycles. The van der Waals surface area contributed by atoms with Crippen molar-refractivity contribution in [3.8, 4) is 0 Å². The molecule has 0 saturated carbocycles. The molecule has 1 aromatic rings. The normalized spacial score (nSPS) is 9.31. The van der Waals surface area contributed by atoms with Crippen molar-refractivity contribution in [3.63, 3.8) is 0 Å². The van der Waals surface area contributed by atoms with Gasteiger partial charge in [-0.3, -0.25) is 0 Å². The number of nitrogens with zero attached hydrogens (tertiary/aromatic N) is 2. The number of hydrogen-bond acceptors (Lipinski definition) is 1. The van der Waals surface area contributed by atoms with Crippen LogP contribution in [0.2, 0.25) is 0 Å². The Labute approximate surface area is 79.6 Å². The van der Waals surface area contributed by atoms with Crippen molar-refractivity contribution in [2.75, 3.05) is 25.5 Å². The molecule has 1 aromatic carbocycles. The maximum atomic E-state index is 6.70. The maximum absolute atomic E-state index is 6.70. The van der Waals surface area contributed by atoms with Crippen LogP contribution in [0.15, 0.2) is 24.3 Å². The maximum Gasteiger partial charge on any atom is 0.218 e. The first kappa shape index (κ1) is 9.60. The lowest BCUT2D eigenvalue weighted by molar-refractivity contribution is 1.06. The lowest BCUT2D eigenvalue weighted by atomic mass is 10.1. The van der Waals surface area contributed by atoms with Gasteiger partial charge in [0.05, 0.1) is 0 Å². The van der Waals surface area contributed by atoms with Crippen LogP contribution < -0.4 is 4.90 Å². The predicted octanol–water partition coefficient (Wildman–Crippen LogP) is 2.21. The molecule has 1 rings (SSSR count). The minimum absolute atomic E-state index is 0.580. The Hall–Kier alpha value is -1.49. The third-order valence-corrected chi connectivity index (χ3v) is 1.94. The fourth-order valence-corrected chi connectivity index (χ4v) is 1.18. The number of hydrogen-bond donors (Lipinski definition) is 0. The predicted molar refractivity (Wildman–Crippen MR) is 55.9 cm³/mol. The van der Waals surface area contributed by atoms with E-state index in [1.54, 1.807) is 0 Å². The van der Waals surface area contributed by atoms with E-state index >= 15 is 0 Å². The molecule has 68 valence electrons. The van der Waals surface area contributed by atoms with Gasteiger partial charge in [0.25, 0.3) is 0 Å². The van der Waals surface area contributed by atoms with Crippen LogP contribution in [0.25, 0.3) is 4.85 Å². The highest BCUT2D eigenvalue weighted by molar-refractivity contribution is 5.47. The van der Waals surface area contributed by atoms with E-state index < -0.39 is 0 Å². The number of rotatable bonds is 3. The zero-order valence-electron chi connectivity index (χ0n) is 8.12. The third kappa shape index (κ3) is 2.79. The SMILES string of the molecule is [C-]#[N+]CCc1cccc(N(C)C)c1. The van der Waals surface area contributed by atoms with E-state index in [0.29, 0.717) is 6.54 Å². The molecule has 0 aliphatic rings. The molecule has 0 unspecified atom stereocenters. The van der Waals surface area contributed by atoms with Crippen LogP contribution in [0.5, 0.6) is 0 Å². The molecule has 0 spiro atoms. The molecule has 0 radical (unpaired) electrons. The summed E-state index contributed by atoms with van der Waals surface area (Å²) in [6.07, 6.45) is 0.852. The summed E-state index contributed by atoms with van der Waals surface area (Å²) in [5.74, 6) is 0. The molecule has 0 amide bonds. The molecular weight excluding hydrogens is 160 g/mol. The molecule has 0 aliphatic heterocycles. The lowest BCUT2D eigenvalue weighted by Gasteiger charge is -2.12. The van der Waals surface area contributed by atoms with Crippen LogP contribution in [0.1, 0.15) is 5.56 Å². The van der Waals surface area contributed by atoms with E-state index in [1.807, 2.05) is 20.2 Å². The van der Waals surface area contributed by atoms with E-state index in [9.17, 15) is 0 Å². The quantitative estimate of drug-likeness (QED) is 0.637. The molecule has 0 bridgehead atoms. The Bertz CT molecular complexity index is 310. The Balaban J connectivity index is 2.75. The fourth-order valence-electron chi connectivity index (χ4n) is 1.18. The second kappa shape index (κ2) is 4.51. The van der Waals surface area contributed by atoms with Gasteiger partial charge in [-0.25, -0.2) is 6.57 Å². The van der Waals surface area contributed by atoms with Gasteiger partial charge in [0.15, 0.2) is 0 Å². The molecular formula is C11H14N2. The highest BCUT2D eigenvalue weighted by Crippen LogP contribution is 2.13. The molecule has 0 N–H and O–H groups in total. The Morgan fingerprint density at radius 2 is 2.15 bits per heavy atom. The van der Waals surface area contributed by atoms with Gasteiger partial charge in [-0.2, -0.15) is 0 Å². The van der Waals surface area contributed by atoms with Crippen LogP contribution in [-0.4, -0.2) is 20.6 Å². The summed E-state index contributed by atoms with van der Waals surface area (Å²) in [6, 6.07) is 8.30. The zero-order valence-corrected chi connectivity index (χ0v) is 8.12. The average molecular weight is 174 g/mol. The van der Waals surface area contributed by atoms with Gasteiger partial charge in [-0.1, -0.05) is 12.1 Å². The van der Waals surface area contributed by atoms with Crippen LogP contribution >= 0.6 is 0 Å². The molecule has 2 nitrogen and oxygen atoms in total. The summed E-state index contributed by atoms with van der Waals surface area (Å²) >= 11 is 0. The van der Waals surface area contributed by atoms with Crippen LogP contribution in [0.3, 0.4) is 0 Å². The summed E-state index contributed by atoms with van der Waals surface area (Å²) in [7, 11) is 4.04. The van der Waals surface area contributed by atoms with Gasteiger partial charge in [0.2, 0.25) is 6.54 Å². The van der Waals surface area contributed by atoms with E-state index in [0.717, 1.165) is 6.42 Å². The summed E-state index contributed by atoms with van der Waals surface area (Å²) < 4.78 is 0. The number of anilines is 1. The van der Waals surface area contributed by atoms with Gasteiger partial charge in [-0.15, -0.1) is 0 Å².